The van der Waals surface area contributed by atoms with E-state index in [9.17, 15) is 13.5 Å². The molecule has 4 atom stereocenters. The molecule has 0 bridgehead atoms. The monoisotopic (exact) mass is 289 g/mol. The van der Waals surface area contributed by atoms with Crippen molar-refractivity contribution in [3.05, 3.63) is 0 Å². The molecule has 0 aromatic heterocycles. The van der Waals surface area contributed by atoms with Crippen molar-refractivity contribution >= 4 is 9.84 Å². The number of hydrogen-bond acceptors (Lipinski definition) is 4. The molecular weight excluding hydrogens is 262 g/mol. The summed E-state index contributed by atoms with van der Waals surface area (Å²) in [5, 5.41) is 10.6. The molecule has 5 heteroatoms. The fraction of sp³-hybridized carbons (Fsp3) is 1.00. The molecular formula is C14H27NO3S. The molecule has 0 radical (unpaired) electrons. The van der Waals surface area contributed by atoms with Gasteiger partial charge in [-0.05, 0) is 44.4 Å². The summed E-state index contributed by atoms with van der Waals surface area (Å²) in [5.41, 5.74) is 4.50. The molecule has 2 aliphatic carbocycles. The number of hydrogen-bond donors (Lipinski definition) is 2. The van der Waals surface area contributed by atoms with E-state index >= 15 is 0 Å². The predicted octanol–water partition coefficient (Wildman–Crippen LogP) is 1.47. The van der Waals surface area contributed by atoms with Crippen molar-refractivity contribution in [1.29, 1.82) is 0 Å². The zero-order chi connectivity index (χ0) is 14.3. The maximum atomic E-state index is 12.0. The molecule has 4 nitrogen and oxygen atoms in total. The number of aliphatic hydroxyl groups is 1. The molecule has 2 aliphatic rings. The maximum Gasteiger partial charge on any atom is 0.153 e. The standard InChI is InChI=1S/C14H27NO3S/c1-3-11-6-8-13(9-11,10-15)14(16)7-4-5-12(14)19(2,17)18/h11-12,16H,3-10,15H2,1-2H3. The quantitative estimate of drug-likeness (QED) is 0.821. The van der Waals surface area contributed by atoms with Crippen LogP contribution in [0.1, 0.15) is 51.9 Å². The molecule has 0 aromatic carbocycles. The molecule has 0 saturated heterocycles. The summed E-state index contributed by atoms with van der Waals surface area (Å²) in [7, 11) is -3.23. The van der Waals surface area contributed by atoms with E-state index in [-0.39, 0.29) is 0 Å². The summed E-state index contributed by atoms with van der Waals surface area (Å²) < 4.78 is 24.0. The highest BCUT2D eigenvalue weighted by Gasteiger charge is 2.60. The Hall–Kier alpha value is -0.130. The Morgan fingerprint density at radius 1 is 1.32 bits per heavy atom. The second kappa shape index (κ2) is 5.01. The minimum absolute atomic E-state index is 0.391. The van der Waals surface area contributed by atoms with Crippen LogP contribution in [0.3, 0.4) is 0 Å². The van der Waals surface area contributed by atoms with E-state index in [1.165, 1.54) is 6.26 Å². The summed E-state index contributed by atoms with van der Waals surface area (Å²) in [6.07, 6.45) is 7.09. The zero-order valence-corrected chi connectivity index (χ0v) is 12.9. The van der Waals surface area contributed by atoms with Crippen LogP contribution >= 0.6 is 0 Å². The van der Waals surface area contributed by atoms with Crippen molar-refractivity contribution < 1.29 is 13.5 Å². The van der Waals surface area contributed by atoms with Crippen LogP contribution in [-0.2, 0) is 9.84 Å². The van der Waals surface area contributed by atoms with Gasteiger partial charge in [-0.3, -0.25) is 0 Å². The van der Waals surface area contributed by atoms with Gasteiger partial charge in [-0.15, -0.1) is 0 Å². The van der Waals surface area contributed by atoms with Gasteiger partial charge in [0.1, 0.15) is 0 Å². The first-order chi connectivity index (χ1) is 8.79. The molecule has 2 rings (SSSR count). The predicted molar refractivity (Wildman–Crippen MR) is 76.6 cm³/mol. The van der Waals surface area contributed by atoms with Gasteiger partial charge in [-0.1, -0.05) is 13.3 Å². The molecule has 0 heterocycles. The van der Waals surface area contributed by atoms with Gasteiger partial charge >= 0.3 is 0 Å². The molecule has 0 amide bonds. The normalized spacial score (nSPS) is 43.8. The minimum Gasteiger partial charge on any atom is -0.388 e. The Kier molecular flexibility index (Phi) is 4.02. The van der Waals surface area contributed by atoms with Gasteiger partial charge < -0.3 is 10.8 Å². The second-order valence-electron chi connectivity index (χ2n) is 6.64. The first kappa shape index (κ1) is 15.3. The van der Waals surface area contributed by atoms with Crippen molar-refractivity contribution in [3.63, 3.8) is 0 Å². The lowest BCUT2D eigenvalue weighted by molar-refractivity contribution is -0.0717. The Morgan fingerprint density at radius 3 is 2.47 bits per heavy atom. The average molecular weight is 289 g/mol. The first-order valence-electron chi connectivity index (χ1n) is 7.40. The van der Waals surface area contributed by atoms with E-state index in [0.717, 1.165) is 32.1 Å². The van der Waals surface area contributed by atoms with Gasteiger partial charge in [-0.2, -0.15) is 0 Å². The molecule has 0 spiro atoms. The van der Waals surface area contributed by atoms with Crippen LogP contribution in [0, 0.1) is 11.3 Å². The summed E-state index contributed by atoms with van der Waals surface area (Å²) in [4.78, 5) is 0. The highest BCUT2D eigenvalue weighted by molar-refractivity contribution is 7.91. The van der Waals surface area contributed by atoms with Crippen molar-refractivity contribution in [2.75, 3.05) is 12.8 Å². The first-order valence-corrected chi connectivity index (χ1v) is 9.36. The summed E-state index contributed by atoms with van der Waals surface area (Å²) >= 11 is 0. The fourth-order valence-electron chi connectivity index (χ4n) is 4.47. The van der Waals surface area contributed by atoms with Crippen LogP contribution in [0.4, 0.5) is 0 Å². The van der Waals surface area contributed by atoms with Gasteiger partial charge in [-0.25, -0.2) is 8.42 Å². The molecule has 112 valence electrons. The zero-order valence-electron chi connectivity index (χ0n) is 12.1. The van der Waals surface area contributed by atoms with Crippen molar-refractivity contribution in [1.82, 2.24) is 0 Å². The van der Waals surface area contributed by atoms with E-state index in [0.29, 0.717) is 25.3 Å². The van der Waals surface area contributed by atoms with E-state index in [1.54, 1.807) is 0 Å². The Bertz CT molecular complexity index is 436. The van der Waals surface area contributed by atoms with Crippen molar-refractivity contribution in [2.45, 2.75) is 62.7 Å². The van der Waals surface area contributed by atoms with Crippen LogP contribution in [0.5, 0.6) is 0 Å². The Balaban J connectivity index is 2.36. The lowest BCUT2D eigenvalue weighted by Crippen LogP contribution is -2.57. The number of sulfone groups is 1. The highest BCUT2D eigenvalue weighted by Crippen LogP contribution is 2.56. The molecule has 4 unspecified atom stereocenters. The van der Waals surface area contributed by atoms with Crippen LogP contribution in [0.2, 0.25) is 0 Å². The Labute approximate surface area is 116 Å². The van der Waals surface area contributed by atoms with E-state index in [1.807, 2.05) is 0 Å². The molecule has 3 N–H and O–H groups in total. The van der Waals surface area contributed by atoms with Gasteiger partial charge in [0.2, 0.25) is 0 Å². The summed E-state index contributed by atoms with van der Waals surface area (Å²) in [6, 6.07) is 0. The van der Waals surface area contributed by atoms with E-state index < -0.39 is 26.1 Å². The highest BCUT2D eigenvalue weighted by atomic mass is 32.2. The van der Waals surface area contributed by atoms with Crippen molar-refractivity contribution in [2.24, 2.45) is 17.1 Å². The van der Waals surface area contributed by atoms with Crippen molar-refractivity contribution in [3.8, 4) is 0 Å². The second-order valence-corrected chi connectivity index (χ2v) is 8.86. The molecule has 19 heavy (non-hydrogen) atoms. The average Bonchev–Trinajstić information content (AvgIpc) is 2.93. The topological polar surface area (TPSA) is 80.4 Å². The third kappa shape index (κ3) is 2.34. The minimum atomic E-state index is -3.23. The lowest BCUT2D eigenvalue weighted by Gasteiger charge is -2.45. The Morgan fingerprint density at radius 2 is 2.00 bits per heavy atom. The lowest BCUT2D eigenvalue weighted by atomic mass is 9.68. The van der Waals surface area contributed by atoms with Gasteiger partial charge in [0, 0.05) is 18.2 Å². The fourth-order valence-corrected chi connectivity index (χ4v) is 6.14. The molecule has 2 saturated carbocycles. The summed E-state index contributed by atoms with van der Waals surface area (Å²) in [6.45, 7) is 2.55. The van der Waals surface area contributed by atoms with Crippen LogP contribution in [0.25, 0.3) is 0 Å². The third-order valence-electron chi connectivity index (χ3n) is 5.67. The van der Waals surface area contributed by atoms with E-state index in [2.05, 4.69) is 6.92 Å². The molecule has 0 aromatic rings. The van der Waals surface area contributed by atoms with Crippen LogP contribution in [0.15, 0.2) is 0 Å². The number of nitrogens with two attached hydrogens (primary N) is 1. The smallest absolute Gasteiger partial charge is 0.153 e. The largest absolute Gasteiger partial charge is 0.388 e. The SMILES string of the molecule is CCC1CCC(CN)(C2(O)CCCC2S(C)(=O)=O)C1. The van der Waals surface area contributed by atoms with Gasteiger partial charge in [0.25, 0.3) is 0 Å². The molecule has 0 aliphatic heterocycles. The molecule has 2 fully saturated rings. The third-order valence-corrected chi connectivity index (χ3v) is 7.33. The van der Waals surface area contributed by atoms with Crippen LogP contribution < -0.4 is 5.73 Å². The summed E-state index contributed by atoms with van der Waals surface area (Å²) in [5.74, 6) is 0.577. The maximum absolute atomic E-state index is 12.0. The number of rotatable bonds is 4. The van der Waals surface area contributed by atoms with E-state index in [4.69, 9.17) is 5.73 Å². The van der Waals surface area contributed by atoms with Crippen LogP contribution in [-0.4, -0.2) is 37.2 Å². The van der Waals surface area contributed by atoms with Gasteiger partial charge in [0.05, 0.1) is 10.9 Å². The van der Waals surface area contributed by atoms with Gasteiger partial charge in [0.15, 0.2) is 9.84 Å².